The van der Waals surface area contributed by atoms with Gasteiger partial charge in [0, 0.05) is 17.6 Å². The number of hydrogen-bond acceptors (Lipinski definition) is 2. The molecule has 0 fully saturated rings. The molecule has 0 spiro atoms. The van der Waals surface area contributed by atoms with Crippen molar-refractivity contribution in [3.05, 3.63) is 56.3 Å². The molecule has 0 unspecified atom stereocenters. The molecule has 0 amide bonds. The Morgan fingerprint density at radius 1 is 1.26 bits per heavy atom. The van der Waals surface area contributed by atoms with Crippen molar-refractivity contribution in [3.63, 3.8) is 0 Å². The molecule has 4 nitrogen and oxygen atoms in total. The number of halogens is 2. The number of nitrogen functional groups attached to an aromatic ring is 1. The van der Waals surface area contributed by atoms with Crippen LogP contribution in [0.15, 0.2) is 35.1 Å². The lowest BCUT2D eigenvalue weighted by molar-refractivity contribution is 0.866. The predicted octanol–water partition coefficient (Wildman–Crippen LogP) is 2.64. The number of nitrogens with zero attached hydrogens (tertiary/aromatic N) is 1. The molecule has 0 aliphatic carbocycles. The first-order chi connectivity index (χ1) is 8.91. The lowest BCUT2D eigenvalue weighted by atomic mass is 10.1. The summed E-state index contributed by atoms with van der Waals surface area (Å²) < 4.78 is 1.41. The fourth-order valence-electron chi connectivity index (χ4n) is 1.81. The van der Waals surface area contributed by atoms with Crippen molar-refractivity contribution in [3.8, 4) is 11.3 Å². The molecular formula is C13H11Cl2N3O. The number of amidine groups is 1. The monoisotopic (exact) mass is 295 g/mol. The van der Waals surface area contributed by atoms with E-state index in [-0.39, 0.29) is 17.0 Å². The zero-order valence-electron chi connectivity index (χ0n) is 10.1. The summed E-state index contributed by atoms with van der Waals surface area (Å²) in [5.41, 5.74) is 6.51. The van der Waals surface area contributed by atoms with Crippen LogP contribution in [0.4, 0.5) is 0 Å². The molecule has 6 heteroatoms. The van der Waals surface area contributed by atoms with E-state index in [9.17, 15) is 4.79 Å². The number of benzene rings is 1. The largest absolute Gasteiger partial charge is 0.384 e. The lowest BCUT2D eigenvalue weighted by Gasteiger charge is -2.11. The number of rotatable bonds is 2. The van der Waals surface area contributed by atoms with Gasteiger partial charge in [-0.15, -0.1) is 0 Å². The van der Waals surface area contributed by atoms with E-state index in [4.69, 9.17) is 34.3 Å². The van der Waals surface area contributed by atoms with Gasteiger partial charge in [-0.2, -0.15) is 0 Å². The van der Waals surface area contributed by atoms with Crippen molar-refractivity contribution in [2.24, 2.45) is 12.8 Å². The van der Waals surface area contributed by atoms with Crippen molar-refractivity contribution in [2.45, 2.75) is 0 Å². The molecule has 3 N–H and O–H groups in total. The highest BCUT2D eigenvalue weighted by Gasteiger charge is 2.11. The van der Waals surface area contributed by atoms with E-state index in [2.05, 4.69) is 0 Å². The molecule has 0 bridgehead atoms. The standard InChI is InChI=1S/C13H11Cl2N3O/c1-18-11(5-4-9(12(16)17)13(18)19)8-3-2-7(14)6-10(8)15/h2-6H,1H3,(H3,16,17). The number of pyridine rings is 1. The highest BCUT2D eigenvalue weighted by molar-refractivity contribution is 6.36. The molecule has 2 aromatic rings. The van der Waals surface area contributed by atoms with Gasteiger partial charge in [-0.1, -0.05) is 23.2 Å². The number of nitrogens with two attached hydrogens (primary N) is 1. The van der Waals surface area contributed by atoms with Gasteiger partial charge < -0.3 is 10.3 Å². The molecule has 2 rings (SSSR count). The Bertz CT molecular complexity index is 722. The van der Waals surface area contributed by atoms with Crippen LogP contribution in [0.3, 0.4) is 0 Å². The number of aromatic nitrogens is 1. The Labute approximate surface area is 119 Å². The van der Waals surface area contributed by atoms with Crippen molar-refractivity contribution >= 4 is 29.0 Å². The fourth-order valence-corrected chi connectivity index (χ4v) is 2.31. The smallest absolute Gasteiger partial charge is 0.261 e. The van der Waals surface area contributed by atoms with Crippen LogP contribution in [-0.4, -0.2) is 10.4 Å². The fraction of sp³-hybridized carbons (Fsp3) is 0.0769. The molecule has 1 aromatic heterocycles. The molecule has 0 radical (unpaired) electrons. The summed E-state index contributed by atoms with van der Waals surface area (Å²) in [5.74, 6) is -0.255. The zero-order chi connectivity index (χ0) is 14.2. The van der Waals surface area contributed by atoms with Gasteiger partial charge in [-0.25, -0.2) is 0 Å². The molecule has 19 heavy (non-hydrogen) atoms. The van der Waals surface area contributed by atoms with Gasteiger partial charge in [0.05, 0.1) is 16.3 Å². The molecule has 0 aliphatic heterocycles. The van der Waals surface area contributed by atoms with Crippen LogP contribution >= 0.6 is 23.2 Å². The number of nitrogens with one attached hydrogen (secondary N) is 1. The summed E-state index contributed by atoms with van der Waals surface area (Å²) in [6.07, 6.45) is 0. The highest BCUT2D eigenvalue weighted by Crippen LogP contribution is 2.29. The summed E-state index contributed by atoms with van der Waals surface area (Å²) >= 11 is 12.0. The lowest BCUT2D eigenvalue weighted by Crippen LogP contribution is -2.28. The van der Waals surface area contributed by atoms with Crippen LogP contribution in [0.2, 0.25) is 10.0 Å². The van der Waals surface area contributed by atoms with Crippen molar-refractivity contribution in [2.75, 3.05) is 0 Å². The quantitative estimate of drug-likeness (QED) is 0.660. The molecule has 0 atom stereocenters. The maximum atomic E-state index is 12.1. The van der Waals surface area contributed by atoms with Gasteiger partial charge >= 0.3 is 0 Å². The normalized spacial score (nSPS) is 10.5. The Kier molecular flexibility index (Phi) is 3.64. The van der Waals surface area contributed by atoms with Crippen molar-refractivity contribution < 1.29 is 0 Å². The average molecular weight is 296 g/mol. The van der Waals surface area contributed by atoms with Gasteiger partial charge in [0.25, 0.3) is 5.56 Å². The van der Waals surface area contributed by atoms with E-state index in [1.807, 2.05) is 0 Å². The molecule has 0 saturated carbocycles. The van der Waals surface area contributed by atoms with Crippen molar-refractivity contribution in [1.29, 1.82) is 5.41 Å². The minimum Gasteiger partial charge on any atom is -0.384 e. The molecule has 1 aromatic carbocycles. The van der Waals surface area contributed by atoms with E-state index in [1.54, 1.807) is 31.3 Å². The van der Waals surface area contributed by atoms with E-state index < -0.39 is 0 Å². The molecule has 1 heterocycles. The third kappa shape index (κ3) is 2.50. The minimum absolute atomic E-state index is 0.163. The third-order valence-electron chi connectivity index (χ3n) is 2.80. The van der Waals surface area contributed by atoms with Crippen LogP contribution in [0, 0.1) is 5.41 Å². The van der Waals surface area contributed by atoms with E-state index in [0.717, 1.165) is 0 Å². The second-order valence-corrected chi connectivity index (χ2v) is 4.88. The number of hydrogen-bond donors (Lipinski definition) is 2. The summed E-state index contributed by atoms with van der Waals surface area (Å²) in [7, 11) is 1.61. The molecule has 98 valence electrons. The second kappa shape index (κ2) is 5.07. The first kappa shape index (κ1) is 13.6. The first-order valence-corrected chi connectivity index (χ1v) is 6.17. The van der Waals surface area contributed by atoms with Gasteiger partial charge in [-0.3, -0.25) is 10.2 Å². The van der Waals surface area contributed by atoms with Crippen molar-refractivity contribution in [1.82, 2.24) is 4.57 Å². The molecule has 0 saturated heterocycles. The maximum Gasteiger partial charge on any atom is 0.261 e. The Morgan fingerprint density at radius 2 is 1.95 bits per heavy atom. The van der Waals surface area contributed by atoms with Crippen LogP contribution in [-0.2, 0) is 7.05 Å². The topological polar surface area (TPSA) is 71.9 Å². The first-order valence-electron chi connectivity index (χ1n) is 5.41. The maximum absolute atomic E-state index is 12.1. The van der Waals surface area contributed by atoms with Gasteiger partial charge in [0.1, 0.15) is 5.84 Å². The van der Waals surface area contributed by atoms with Gasteiger partial charge in [0.2, 0.25) is 0 Å². The minimum atomic E-state index is -0.337. The van der Waals surface area contributed by atoms with E-state index >= 15 is 0 Å². The van der Waals surface area contributed by atoms with E-state index in [1.165, 1.54) is 10.6 Å². The molecular weight excluding hydrogens is 285 g/mol. The summed E-state index contributed by atoms with van der Waals surface area (Å²) in [6.45, 7) is 0. The molecule has 0 aliphatic rings. The zero-order valence-corrected chi connectivity index (χ0v) is 11.6. The van der Waals surface area contributed by atoms with E-state index in [0.29, 0.717) is 21.3 Å². The Hall–Kier alpha value is -1.78. The van der Waals surface area contributed by atoms with Crippen LogP contribution in [0.5, 0.6) is 0 Å². The van der Waals surface area contributed by atoms with Crippen LogP contribution in [0.1, 0.15) is 5.56 Å². The van der Waals surface area contributed by atoms with Crippen LogP contribution in [0.25, 0.3) is 11.3 Å². The van der Waals surface area contributed by atoms with Gasteiger partial charge in [0.15, 0.2) is 0 Å². The average Bonchev–Trinajstić information content (AvgIpc) is 2.33. The summed E-state index contributed by atoms with van der Waals surface area (Å²) in [4.78, 5) is 12.1. The summed E-state index contributed by atoms with van der Waals surface area (Å²) in [6, 6.07) is 8.28. The van der Waals surface area contributed by atoms with Crippen LogP contribution < -0.4 is 11.3 Å². The SMILES string of the molecule is Cn1c(-c2ccc(Cl)cc2Cl)ccc(C(=N)N)c1=O. The second-order valence-electron chi connectivity index (χ2n) is 4.03. The Morgan fingerprint density at radius 3 is 2.53 bits per heavy atom. The predicted molar refractivity (Wildman–Crippen MR) is 78.2 cm³/mol. The highest BCUT2D eigenvalue weighted by atomic mass is 35.5. The third-order valence-corrected chi connectivity index (χ3v) is 3.35. The summed E-state index contributed by atoms with van der Waals surface area (Å²) in [5, 5.41) is 8.32. The van der Waals surface area contributed by atoms with Gasteiger partial charge in [-0.05, 0) is 30.3 Å². The Balaban J connectivity index is 2.68.